The number of rotatable bonds is 6. The normalized spacial score (nSPS) is 9.96. The van der Waals surface area contributed by atoms with E-state index < -0.39 is 30.2 Å². The summed E-state index contributed by atoms with van der Waals surface area (Å²) in [6.45, 7) is -0.730. The predicted octanol–water partition coefficient (Wildman–Crippen LogP) is 1.96. The quantitative estimate of drug-likeness (QED) is 0.791. The summed E-state index contributed by atoms with van der Waals surface area (Å²) in [5, 5.41) is 2.06. The van der Waals surface area contributed by atoms with Gasteiger partial charge in [-0.25, -0.2) is 9.18 Å². The Morgan fingerprint density at radius 3 is 2.15 bits per heavy atom. The van der Waals surface area contributed by atoms with Crippen LogP contribution >= 0.6 is 0 Å². The molecule has 0 atom stereocenters. The van der Waals surface area contributed by atoms with Gasteiger partial charge in [0.25, 0.3) is 11.8 Å². The van der Waals surface area contributed by atoms with Gasteiger partial charge in [0, 0.05) is 11.6 Å². The molecule has 1 N–H and O–H groups in total. The molecule has 26 heavy (non-hydrogen) atoms. The summed E-state index contributed by atoms with van der Waals surface area (Å²) in [5.41, 5.74) is -0.119. The van der Waals surface area contributed by atoms with Gasteiger partial charge in [0.15, 0.2) is 6.61 Å². The van der Waals surface area contributed by atoms with Crippen molar-refractivity contribution in [3.63, 3.8) is 0 Å². The number of halogens is 1. The first-order valence-corrected chi connectivity index (χ1v) is 7.43. The van der Waals surface area contributed by atoms with Crippen molar-refractivity contribution >= 4 is 17.8 Å². The van der Waals surface area contributed by atoms with Crippen LogP contribution in [0, 0.1) is 5.82 Å². The molecular weight excluding hydrogens is 345 g/mol. The smallest absolute Gasteiger partial charge is 0.341 e. The van der Waals surface area contributed by atoms with Crippen molar-refractivity contribution in [3.8, 4) is 11.5 Å². The fraction of sp³-hybridized carbons (Fsp3) is 0.167. The number of imide groups is 1. The number of benzene rings is 2. The number of carbonyl (C=O) groups excluding carboxylic acids is 3. The molecule has 8 heteroatoms. The molecule has 0 radical (unpaired) electrons. The zero-order chi connectivity index (χ0) is 19.1. The van der Waals surface area contributed by atoms with Crippen LogP contribution in [0.25, 0.3) is 0 Å². The van der Waals surface area contributed by atoms with Crippen molar-refractivity contribution in [3.05, 3.63) is 59.4 Å². The Balaban J connectivity index is 1.89. The SMILES string of the molecule is COc1ccc(C(=O)NC(=O)COC(=O)c2ccc(OC)cc2F)cc1. The third-order valence-electron chi connectivity index (χ3n) is 3.34. The summed E-state index contributed by atoms with van der Waals surface area (Å²) >= 11 is 0. The second-order valence-electron chi connectivity index (χ2n) is 5.03. The van der Waals surface area contributed by atoms with Crippen LogP contribution < -0.4 is 14.8 Å². The van der Waals surface area contributed by atoms with Crippen molar-refractivity contribution in [2.45, 2.75) is 0 Å². The van der Waals surface area contributed by atoms with Crippen molar-refractivity contribution in [1.29, 1.82) is 0 Å². The Morgan fingerprint density at radius 1 is 0.962 bits per heavy atom. The predicted molar refractivity (Wildman–Crippen MR) is 88.7 cm³/mol. The number of amides is 2. The van der Waals surface area contributed by atoms with Gasteiger partial charge in [-0.2, -0.15) is 0 Å². The molecule has 0 unspecified atom stereocenters. The molecule has 0 aliphatic rings. The van der Waals surface area contributed by atoms with Crippen molar-refractivity contribution in [1.82, 2.24) is 5.32 Å². The Labute approximate surface area is 148 Å². The van der Waals surface area contributed by atoms with E-state index in [9.17, 15) is 18.8 Å². The molecule has 136 valence electrons. The summed E-state index contributed by atoms with van der Waals surface area (Å²) in [6, 6.07) is 9.64. The Bertz CT molecular complexity index is 819. The Kier molecular flexibility index (Phi) is 6.26. The zero-order valence-electron chi connectivity index (χ0n) is 14.1. The number of carbonyl (C=O) groups is 3. The third-order valence-corrected chi connectivity index (χ3v) is 3.34. The van der Waals surface area contributed by atoms with Crippen LogP contribution in [-0.2, 0) is 9.53 Å². The van der Waals surface area contributed by atoms with E-state index in [0.29, 0.717) is 5.75 Å². The molecule has 0 aliphatic heterocycles. The molecule has 0 saturated carbocycles. The van der Waals surface area contributed by atoms with Crippen molar-refractivity contribution in [2.75, 3.05) is 20.8 Å². The zero-order valence-corrected chi connectivity index (χ0v) is 14.1. The first-order chi connectivity index (χ1) is 12.4. The molecule has 2 aromatic rings. The van der Waals surface area contributed by atoms with Crippen LogP contribution in [0.5, 0.6) is 11.5 Å². The van der Waals surface area contributed by atoms with Crippen LogP contribution in [0.4, 0.5) is 4.39 Å². The lowest BCUT2D eigenvalue weighted by Gasteiger charge is -2.08. The second-order valence-corrected chi connectivity index (χ2v) is 5.03. The summed E-state index contributed by atoms with van der Waals surface area (Å²) in [7, 11) is 2.84. The number of hydrogen-bond acceptors (Lipinski definition) is 6. The molecule has 0 aromatic heterocycles. The molecule has 7 nitrogen and oxygen atoms in total. The topological polar surface area (TPSA) is 90.9 Å². The Hall–Kier alpha value is -3.42. The summed E-state index contributed by atoms with van der Waals surface area (Å²) in [5.74, 6) is -2.58. The van der Waals surface area contributed by atoms with Crippen LogP contribution in [0.2, 0.25) is 0 Å². The highest BCUT2D eigenvalue weighted by Crippen LogP contribution is 2.17. The number of nitrogens with one attached hydrogen (secondary N) is 1. The number of methoxy groups -OCH3 is 2. The molecule has 0 fully saturated rings. The molecule has 2 aromatic carbocycles. The van der Waals surface area contributed by atoms with Gasteiger partial charge in [-0.3, -0.25) is 14.9 Å². The average Bonchev–Trinajstić information content (AvgIpc) is 2.65. The van der Waals surface area contributed by atoms with E-state index in [1.54, 1.807) is 12.1 Å². The molecule has 2 amide bonds. The molecule has 0 bridgehead atoms. The molecule has 2 rings (SSSR count). The van der Waals surface area contributed by atoms with E-state index >= 15 is 0 Å². The summed E-state index contributed by atoms with van der Waals surface area (Å²) in [6.07, 6.45) is 0. The van der Waals surface area contributed by atoms with Gasteiger partial charge in [0.05, 0.1) is 19.8 Å². The molecular formula is C18H16FNO6. The first-order valence-electron chi connectivity index (χ1n) is 7.43. The molecule has 0 spiro atoms. The minimum Gasteiger partial charge on any atom is -0.497 e. The van der Waals surface area contributed by atoms with Crippen LogP contribution in [0.1, 0.15) is 20.7 Å². The maximum absolute atomic E-state index is 13.8. The highest BCUT2D eigenvalue weighted by Gasteiger charge is 2.17. The van der Waals surface area contributed by atoms with Gasteiger partial charge in [0.1, 0.15) is 17.3 Å². The number of esters is 1. The standard InChI is InChI=1S/C18H16FNO6/c1-24-12-5-3-11(4-6-12)17(22)20-16(21)10-26-18(23)14-8-7-13(25-2)9-15(14)19/h3-9H,10H2,1-2H3,(H,20,21,22). The number of ether oxygens (including phenoxy) is 3. The van der Waals surface area contributed by atoms with Crippen molar-refractivity contribution < 1.29 is 33.0 Å². The summed E-state index contributed by atoms with van der Waals surface area (Å²) in [4.78, 5) is 35.4. The van der Waals surface area contributed by atoms with Crippen LogP contribution in [0.15, 0.2) is 42.5 Å². The lowest BCUT2D eigenvalue weighted by molar-refractivity contribution is -0.123. The van der Waals surface area contributed by atoms with Gasteiger partial charge in [-0.1, -0.05) is 0 Å². The molecule has 0 saturated heterocycles. The van der Waals surface area contributed by atoms with Gasteiger partial charge in [-0.15, -0.1) is 0 Å². The Morgan fingerprint density at radius 2 is 1.58 bits per heavy atom. The maximum atomic E-state index is 13.8. The molecule has 0 aliphatic carbocycles. The maximum Gasteiger partial charge on any atom is 0.341 e. The summed E-state index contributed by atoms with van der Waals surface area (Å²) < 4.78 is 28.3. The van der Waals surface area contributed by atoms with E-state index in [1.807, 2.05) is 0 Å². The van der Waals surface area contributed by atoms with E-state index in [2.05, 4.69) is 5.32 Å². The van der Waals surface area contributed by atoms with E-state index in [4.69, 9.17) is 14.2 Å². The number of hydrogen-bond donors (Lipinski definition) is 1. The highest BCUT2D eigenvalue weighted by atomic mass is 19.1. The fourth-order valence-corrected chi connectivity index (χ4v) is 1.97. The van der Waals surface area contributed by atoms with E-state index in [1.165, 1.54) is 38.5 Å². The third kappa shape index (κ3) is 4.79. The minimum atomic E-state index is -1.03. The highest BCUT2D eigenvalue weighted by molar-refractivity contribution is 6.05. The van der Waals surface area contributed by atoms with E-state index in [-0.39, 0.29) is 16.9 Å². The van der Waals surface area contributed by atoms with E-state index in [0.717, 1.165) is 6.07 Å². The fourth-order valence-electron chi connectivity index (χ4n) is 1.97. The lowest BCUT2D eigenvalue weighted by atomic mass is 10.2. The van der Waals surface area contributed by atoms with Gasteiger partial charge in [-0.05, 0) is 36.4 Å². The van der Waals surface area contributed by atoms with Crippen LogP contribution in [0.3, 0.4) is 0 Å². The van der Waals surface area contributed by atoms with Gasteiger partial charge < -0.3 is 14.2 Å². The van der Waals surface area contributed by atoms with Crippen molar-refractivity contribution in [2.24, 2.45) is 0 Å². The lowest BCUT2D eigenvalue weighted by Crippen LogP contribution is -2.34. The monoisotopic (exact) mass is 361 g/mol. The van der Waals surface area contributed by atoms with Gasteiger partial charge >= 0.3 is 5.97 Å². The second kappa shape index (κ2) is 8.61. The van der Waals surface area contributed by atoms with Gasteiger partial charge in [0.2, 0.25) is 0 Å². The van der Waals surface area contributed by atoms with Crippen LogP contribution in [-0.4, -0.2) is 38.6 Å². The minimum absolute atomic E-state index is 0.228. The largest absolute Gasteiger partial charge is 0.497 e. The average molecular weight is 361 g/mol. The first kappa shape index (κ1) is 18.9. The molecule has 0 heterocycles.